The molecule has 32 heavy (non-hydrogen) atoms. The van der Waals surface area contributed by atoms with Gasteiger partial charge in [-0.3, -0.25) is 9.59 Å². The van der Waals surface area contributed by atoms with Crippen LogP contribution in [-0.2, 0) is 9.59 Å². The molecule has 0 aromatic heterocycles. The number of carbonyl (C=O) groups is 2. The molecule has 162 valence electrons. The van der Waals surface area contributed by atoms with Crippen molar-refractivity contribution >= 4 is 28.8 Å². The van der Waals surface area contributed by atoms with Gasteiger partial charge < -0.3 is 14.8 Å². The summed E-state index contributed by atoms with van der Waals surface area (Å²) in [6.07, 6.45) is 0. The average Bonchev–Trinajstić information content (AvgIpc) is 3.05. The summed E-state index contributed by atoms with van der Waals surface area (Å²) in [4.78, 5) is 27.4. The Balaban J connectivity index is 1.81. The van der Waals surface area contributed by atoms with Crippen LogP contribution in [0.25, 0.3) is 5.57 Å². The van der Waals surface area contributed by atoms with Crippen molar-refractivity contribution in [2.45, 2.75) is 0 Å². The van der Waals surface area contributed by atoms with Crippen molar-refractivity contribution in [2.75, 3.05) is 24.4 Å². The molecule has 1 heterocycles. The molecule has 4 rings (SSSR count). The topological polar surface area (TPSA) is 67.9 Å². The number of nitrogens with zero attached hydrogens (tertiary/aromatic N) is 1. The Morgan fingerprint density at radius 1 is 0.781 bits per heavy atom. The highest BCUT2D eigenvalue weighted by Gasteiger charge is 2.40. The van der Waals surface area contributed by atoms with E-state index in [0.717, 1.165) is 17.0 Å². The molecule has 0 fully saturated rings. The molecule has 3 aromatic rings. The smallest absolute Gasteiger partial charge is 0.282 e. The van der Waals surface area contributed by atoms with Crippen LogP contribution < -0.4 is 19.7 Å². The van der Waals surface area contributed by atoms with Gasteiger partial charge in [0.1, 0.15) is 17.2 Å². The van der Waals surface area contributed by atoms with Crippen LogP contribution in [0.2, 0.25) is 0 Å². The van der Waals surface area contributed by atoms with Gasteiger partial charge in [0.2, 0.25) is 0 Å². The summed E-state index contributed by atoms with van der Waals surface area (Å²) < 4.78 is 37.6. The third-order valence-electron chi connectivity index (χ3n) is 4.96. The number of hydrogen-bond acceptors (Lipinski definition) is 5. The molecule has 8 heteroatoms. The maximum Gasteiger partial charge on any atom is 0.282 e. The van der Waals surface area contributed by atoms with Gasteiger partial charge in [-0.2, -0.15) is 0 Å². The molecule has 2 amide bonds. The van der Waals surface area contributed by atoms with Gasteiger partial charge in [0.05, 0.1) is 25.5 Å². The first-order chi connectivity index (χ1) is 15.4. The lowest BCUT2D eigenvalue weighted by Crippen LogP contribution is -2.32. The van der Waals surface area contributed by atoms with Crippen molar-refractivity contribution in [2.24, 2.45) is 0 Å². The van der Waals surface area contributed by atoms with E-state index in [4.69, 9.17) is 9.47 Å². The monoisotopic (exact) mass is 436 g/mol. The highest BCUT2D eigenvalue weighted by atomic mass is 19.2. The van der Waals surface area contributed by atoms with E-state index in [1.165, 1.54) is 20.3 Å². The lowest BCUT2D eigenvalue weighted by Gasteiger charge is -2.15. The lowest BCUT2D eigenvalue weighted by molar-refractivity contribution is -0.120. The van der Waals surface area contributed by atoms with Crippen molar-refractivity contribution < 1.29 is 27.8 Å². The zero-order chi connectivity index (χ0) is 22.8. The Hall–Kier alpha value is -4.20. The van der Waals surface area contributed by atoms with Gasteiger partial charge in [-0.1, -0.05) is 18.2 Å². The number of carbonyl (C=O) groups excluding carboxylic acids is 2. The van der Waals surface area contributed by atoms with Crippen LogP contribution in [0.4, 0.5) is 20.2 Å². The van der Waals surface area contributed by atoms with Gasteiger partial charge in [-0.15, -0.1) is 0 Å². The van der Waals surface area contributed by atoms with Gasteiger partial charge >= 0.3 is 0 Å². The number of nitrogens with one attached hydrogen (secondary N) is 1. The zero-order valence-corrected chi connectivity index (χ0v) is 17.2. The van der Waals surface area contributed by atoms with Gasteiger partial charge in [0.25, 0.3) is 11.8 Å². The molecule has 0 spiro atoms. The quantitative estimate of drug-likeness (QED) is 0.581. The van der Waals surface area contributed by atoms with E-state index < -0.39 is 23.4 Å². The predicted octanol–water partition coefficient (Wildman–Crippen LogP) is 4.38. The van der Waals surface area contributed by atoms with Crippen LogP contribution in [0.1, 0.15) is 5.56 Å². The van der Waals surface area contributed by atoms with Crippen LogP contribution in [0.3, 0.4) is 0 Å². The number of halogens is 2. The third kappa shape index (κ3) is 3.78. The minimum Gasteiger partial charge on any atom is -0.497 e. The second-order valence-corrected chi connectivity index (χ2v) is 6.88. The Morgan fingerprint density at radius 3 is 2.16 bits per heavy atom. The lowest BCUT2D eigenvalue weighted by atomic mass is 10.0. The Bertz CT molecular complexity index is 1240. The van der Waals surface area contributed by atoms with Crippen LogP contribution >= 0.6 is 0 Å². The van der Waals surface area contributed by atoms with Crippen LogP contribution in [0.15, 0.2) is 72.4 Å². The minimum absolute atomic E-state index is 0.00171. The number of hydrogen-bond donors (Lipinski definition) is 1. The number of anilines is 2. The Kier molecular flexibility index (Phi) is 5.59. The van der Waals surface area contributed by atoms with E-state index in [0.29, 0.717) is 22.7 Å². The molecule has 0 unspecified atom stereocenters. The molecule has 0 saturated heterocycles. The standard InChI is InChI=1S/C24H18F2N2O4/c1-31-17-9-6-14(7-10-17)21-22(27-15-4-3-5-18(12-15)32-2)24(30)28(23(21)29)16-8-11-19(25)20(26)13-16/h3-13,27H,1-2H3. The van der Waals surface area contributed by atoms with Crippen molar-refractivity contribution in [3.8, 4) is 11.5 Å². The van der Waals surface area contributed by atoms with Crippen LogP contribution in [0.5, 0.6) is 11.5 Å². The van der Waals surface area contributed by atoms with Gasteiger partial charge in [0.15, 0.2) is 11.6 Å². The maximum absolute atomic E-state index is 13.8. The van der Waals surface area contributed by atoms with Crippen molar-refractivity contribution in [3.63, 3.8) is 0 Å². The van der Waals surface area contributed by atoms with Gasteiger partial charge in [-0.05, 0) is 42.0 Å². The molecule has 0 radical (unpaired) electrons. The number of methoxy groups -OCH3 is 2. The highest BCUT2D eigenvalue weighted by Crippen LogP contribution is 2.35. The number of imide groups is 1. The Morgan fingerprint density at radius 2 is 1.50 bits per heavy atom. The largest absolute Gasteiger partial charge is 0.497 e. The molecular formula is C24H18F2N2O4. The summed E-state index contributed by atoms with van der Waals surface area (Å²) in [6, 6.07) is 16.3. The molecule has 0 atom stereocenters. The first-order valence-electron chi connectivity index (χ1n) is 9.56. The fourth-order valence-electron chi connectivity index (χ4n) is 3.37. The van der Waals surface area contributed by atoms with Gasteiger partial charge in [-0.25, -0.2) is 13.7 Å². The van der Waals surface area contributed by atoms with E-state index in [-0.39, 0.29) is 17.0 Å². The number of ether oxygens (including phenoxy) is 2. The van der Waals surface area contributed by atoms with Crippen molar-refractivity contribution in [3.05, 3.63) is 89.6 Å². The van der Waals surface area contributed by atoms with Crippen molar-refractivity contribution in [1.29, 1.82) is 0 Å². The Labute approximate surface area is 182 Å². The summed E-state index contributed by atoms with van der Waals surface area (Å²) in [7, 11) is 3.02. The SMILES string of the molecule is COc1ccc(C2=C(Nc3cccc(OC)c3)C(=O)N(c3ccc(F)c(F)c3)C2=O)cc1. The first-order valence-corrected chi connectivity index (χ1v) is 9.56. The molecule has 1 aliphatic rings. The number of rotatable bonds is 6. The summed E-state index contributed by atoms with van der Waals surface area (Å²) in [5.41, 5.74) is 0.981. The second kappa shape index (κ2) is 8.50. The molecule has 1 N–H and O–H groups in total. The summed E-state index contributed by atoms with van der Waals surface area (Å²) in [6.45, 7) is 0. The maximum atomic E-state index is 13.8. The molecule has 0 saturated carbocycles. The molecule has 6 nitrogen and oxygen atoms in total. The van der Waals surface area contributed by atoms with Crippen LogP contribution in [0, 0.1) is 11.6 Å². The molecule has 3 aromatic carbocycles. The van der Waals surface area contributed by atoms with Crippen LogP contribution in [-0.4, -0.2) is 26.0 Å². The predicted molar refractivity (Wildman–Crippen MR) is 115 cm³/mol. The van der Waals surface area contributed by atoms with E-state index in [1.54, 1.807) is 48.5 Å². The summed E-state index contributed by atoms with van der Waals surface area (Å²) >= 11 is 0. The second-order valence-electron chi connectivity index (χ2n) is 6.88. The number of amides is 2. The van der Waals surface area contributed by atoms with E-state index >= 15 is 0 Å². The zero-order valence-electron chi connectivity index (χ0n) is 17.2. The summed E-state index contributed by atoms with van der Waals surface area (Å²) in [5.74, 6) is -2.48. The fourth-order valence-corrected chi connectivity index (χ4v) is 3.37. The normalized spacial score (nSPS) is 13.6. The van der Waals surface area contributed by atoms with E-state index in [9.17, 15) is 18.4 Å². The third-order valence-corrected chi connectivity index (χ3v) is 4.96. The molecule has 0 aliphatic carbocycles. The summed E-state index contributed by atoms with van der Waals surface area (Å²) in [5, 5.41) is 2.99. The molecule has 0 bridgehead atoms. The van der Waals surface area contributed by atoms with E-state index in [2.05, 4.69) is 5.32 Å². The highest BCUT2D eigenvalue weighted by molar-refractivity contribution is 6.46. The molecule has 1 aliphatic heterocycles. The van der Waals surface area contributed by atoms with Crippen molar-refractivity contribution in [1.82, 2.24) is 0 Å². The number of benzene rings is 3. The first kappa shape index (κ1) is 21.0. The fraction of sp³-hybridized carbons (Fsp3) is 0.0833. The van der Waals surface area contributed by atoms with Gasteiger partial charge in [0, 0.05) is 17.8 Å². The minimum atomic E-state index is -1.16. The molecular weight excluding hydrogens is 418 g/mol. The average molecular weight is 436 g/mol. The van der Waals surface area contributed by atoms with E-state index in [1.807, 2.05) is 0 Å².